The lowest BCUT2D eigenvalue weighted by molar-refractivity contribution is 0.0997. The summed E-state index contributed by atoms with van der Waals surface area (Å²) in [6.45, 7) is 2.99. The van der Waals surface area contributed by atoms with Gasteiger partial charge in [0.15, 0.2) is 14.6 Å². The second-order valence-electron chi connectivity index (χ2n) is 8.84. The minimum absolute atomic E-state index is 0.108. The molecule has 0 fully saturated rings. The van der Waals surface area contributed by atoms with E-state index in [0.29, 0.717) is 30.0 Å². The Kier molecular flexibility index (Phi) is 6.55. The monoisotopic (exact) mass is 555 g/mol. The first-order valence-corrected chi connectivity index (χ1v) is 15.9. The van der Waals surface area contributed by atoms with Gasteiger partial charge < -0.3 is 4.57 Å². The largest absolute Gasteiger partial charge is 0.316 e. The van der Waals surface area contributed by atoms with Crippen LogP contribution in [-0.4, -0.2) is 40.1 Å². The summed E-state index contributed by atoms with van der Waals surface area (Å²) in [5.41, 5.74) is 2.74. The first-order valence-electron chi connectivity index (χ1n) is 11.7. The van der Waals surface area contributed by atoms with Gasteiger partial charge >= 0.3 is 0 Å². The van der Waals surface area contributed by atoms with Gasteiger partial charge in [-0.2, -0.15) is 4.99 Å². The molecule has 1 aliphatic rings. The fraction of sp³-hybridized carbons (Fsp3) is 0.231. The van der Waals surface area contributed by atoms with E-state index in [2.05, 4.69) is 4.99 Å². The van der Waals surface area contributed by atoms with Gasteiger partial charge in [-0.3, -0.25) is 9.10 Å². The highest BCUT2D eigenvalue weighted by Crippen LogP contribution is 2.32. The molecule has 1 aromatic heterocycles. The Labute approximate surface area is 219 Å². The molecule has 4 aromatic rings. The quantitative estimate of drug-likeness (QED) is 0.357. The maximum atomic E-state index is 13.3. The number of carbonyl (C=O) groups is 1. The number of aryl methyl sites for hydroxylation is 1. The maximum Gasteiger partial charge on any atom is 0.279 e. The van der Waals surface area contributed by atoms with Crippen molar-refractivity contribution in [3.05, 3.63) is 82.7 Å². The molecule has 0 unspecified atom stereocenters. The number of anilines is 1. The van der Waals surface area contributed by atoms with Gasteiger partial charge in [0, 0.05) is 24.9 Å². The predicted octanol–water partition coefficient (Wildman–Crippen LogP) is 4.01. The topological polar surface area (TPSA) is 106 Å². The van der Waals surface area contributed by atoms with Crippen molar-refractivity contribution in [2.24, 2.45) is 4.99 Å². The van der Waals surface area contributed by atoms with Crippen molar-refractivity contribution in [1.82, 2.24) is 4.57 Å². The number of sulfone groups is 1. The first kappa shape index (κ1) is 25.4. The molecule has 0 saturated carbocycles. The molecular formula is C26H25N3O5S3. The molecule has 0 radical (unpaired) electrons. The summed E-state index contributed by atoms with van der Waals surface area (Å²) in [6.07, 6.45) is 2.61. The molecule has 3 aromatic carbocycles. The van der Waals surface area contributed by atoms with E-state index in [0.717, 1.165) is 28.5 Å². The van der Waals surface area contributed by atoms with E-state index in [9.17, 15) is 21.6 Å². The third-order valence-corrected chi connectivity index (χ3v) is 10.2. The Morgan fingerprint density at radius 3 is 2.38 bits per heavy atom. The van der Waals surface area contributed by atoms with E-state index in [-0.39, 0.29) is 15.4 Å². The minimum atomic E-state index is -3.76. The lowest BCUT2D eigenvalue weighted by atomic mass is 10.2. The Bertz CT molecular complexity index is 1800. The van der Waals surface area contributed by atoms with Crippen LogP contribution in [0.5, 0.6) is 0 Å². The standard InChI is InChI=1S/C26H25N3O5S3/c1-3-15-28-23-13-12-21(36(2,31)32)17-24(23)35-26(28)27-25(30)19-8-10-20(11-9-19)37(33,34)29-16-14-18-6-4-5-7-22(18)29/h4-13,17H,3,14-16H2,1-2H3. The molecular weight excluding hydrogens is 531 g/mol. The molecule has 8 nitrogen and oxygen atoms in total. The zero-order valence-electron chi connectivity index (χ0n) is 20.3. The summed E-state index contributed by atoms with van der Waals surface area (Å²) in [5.74, 6) is -0.504. The molecule has 2 heterocycles. The number of amides is 1. The van der Waals surface area contributed by atoms with Crippen LogP contribution in [0.25, 0.3) is 10.2 Å². The predicted molar refractivity (Wildman–Crippen MR) is 144 cm³/mol. The Balaban J connectivity index is 1.48. The molecule has 0 saturated heterocycles. The van der Waals surface area contributed by atoms with Crippen LogP contribution in [0.15, 0.2) is 81.5 Å². The maximum absolute atomic E-state index is 13.3. The van der Waals surface area contributed by atoms with Crippen molar-refractivity contribution in [1.29, 1.82) is 0 Å². The number of fused-ring (bicyclic) bond motifs is 2. The normalized spacial score (nSPS) is 14.3. The number of nitrogens with zero attached hydrogens (tertiary/aromatic N) is 3. The number of para-hydroxylation sites is 1. The highest BCUT2D eigenvalue weighted by Gasteiger charge is 2.30. The van der Waals surface area contributed by atoms with Crippen LogP contribution < -0.4 is 9.11 Å². The van der Waals surface area contributed by atoms with E-state index < -0.39 is 25.8 Å². The number of hydrogen-bond acceptors (Lipinski definition) is 6. The lowest BCUT2D eigenvalue weighted by Crippen LogP contribution is -2.29. The van der Waals surface area contributed by atoms with Gasteiger partial charge in [0.05, 0.1) is 25.7 Å². The van der Waals surface area contributed by atoms with Crippen LogP contribution in [0.2, 0.25) is 0 Å². The number of benzene rings is 3. The van der Waals surface area contributed by atoms with Crippen molar-refractivity contribution in [2.75, 3.05) is 17.1 Å². The average molecular weight is 556 g/mol. The minimum Gasteiger partial charge on any atom is -0.316 e. The lowest BCUT2D eigenvalue weighted by Gasteiger charge is -2.19. The van der Waals surface area contributed by atoms with E-state index in [1.54, 1.807) is 24.3 Å². The smallest absolute Gasteiger partial charge is 0.279 e. The molecule has 0 N–H and O–H groups in total. The molecule has 0 bridgehead atoms. The highest BCUT2D eigenvalue weighted by atomic mass is 32.2. The van der Waals surface area contributed by atoms with Crippen LogP contribution >= 0.6 is 11.3 Å². The number of sulfonamides is 1. The highest BCUT2D eigenvalue weighted by molar-refractivity contribution is 7.92. The van der Waals surface area contributed by atoms with Crippen molar-refractivity contribution in [3.8, 4) is 0 Å². The van der Waals surface area contributed by atoms with E-state index in [1.165, 1.54) is 39.9 Å². The van der Waals surface area contributed by atoms with Crippen molar-refractivity contribution >= 4 is 53.0 Å². The Morgan fingerprint density at radius 2 is 1.68 bits per heavy atom. The summed E-state index contributed by atoms with van der Waals surface area (Å²) in [6, 6.07) is 18.1. The zero-order chi connectivity index (χ0) is 26.4. The summed E-state index contributed by atoms with van der Waals surface area (Å²) in [7, 11) is -7.13. The Morgan fingerprint density at radius 1 is 0.973 bits per heavy atom. The molecule has 5 rings (SSSR count). The van der Waals surface area contributed by atoms with Gasteiger partial charge in [-0.05, 0) is 66.9 Å². The van der Waals surface area contributed by atoms with Crippen LogP contribution in [0.4, 0.5) is 5.69 Å². The van der Waals surface area contributed by atoms with Gasteiger partial charge in [-0.15, -0.1) is 0 Å². The van der Waals surface area contributed by atoms with E-state index in [1.807, 2.05) is 29.7 Å². The van der Waals surface area contributed by atoms with Gasteiger partial charge in [-0.1, -0.05) is 36.5 Å². The van der Waals surface area contributed by atoms with E-state index >= 15 is 0 Å². The van der Waals surface area contributed by atoms with Crippen molar-refractivity contribution in [2.45, 2.75) is 36.1 Å². The molecule has 11 heteroatoms. The molecule has 0 spiro atoms. The van der Waals surface area contributed by atoms with Crippen LogP contribution in [0.1, 0.15) is 29.3 Å². The zero-order valence-corrected chi connectivity index (χ0v) is 22.7. The molecule has 1 aliphatic heterocycles. The van der Waals surface area contributed by atoms with Gasteiger partial charge in [0.25, 0.3) is 15.9 Å². The molecule has 192 valence electrons. The molecule has 0 aliphatic carbocycles. The third-order valence-electron chi connectivity index (χ3n) is 6.26. The van der Waals surface area contributed by atoms with Gasteiger partial charge in [0.2, 0.25) is 0 Å². The van der Waals surface area contributed by atoms with Crippen molar-refractivity contribution < 1.29 is 21.6 Å². The Hall–Kier alpha value is -3.28. The third kappa shape index (κ3) is 4.74. The first-order chi connectivity index (χ1) is 17.6. The molecule has 0 atom stereocenters. The summed E-state index contributed by atoms with van der Waals surface area (Å²) in [4.78, 5) is 18.1. The SMILES string of the molecule is CCCn1c(=NC(=O)c2ccc(S(=O)(=O)N3CCc4ccccc43)cc2)sc2cc(S(C)(=O)=O)ccc21. The summed E-state index contributed by atoms with van der Waals surface area (Å²) < 4.78 is 54.5. The molecule has 1 amide bonds. The second-order valence-corrected chi connectivity index (χ2v) is 13.7. The number of hydrogen-bond donors (Lipinski definition) is 0. The number of thiazole rings is 1. The summed E-state index contributed by atoms with van der Waals surface area (Å²) >= 11 is 1.24. The number of carbonyl (C=O) groups excluding carboxylic acids is 1. The molecule has 37 heavy (non-hydrogen) atoms. The fourth-order valence-electron chi connectivity index (χ4n) is 4.41. The fourth-order valence-corrected chi connectivity index (χ4v) is 7.73. The van der Waals surface area contributed by atoms with Crippen molar-refractivity contribution in [3.63, 3.8) is 0 Å². The second kappa shape index (κ2) is 9.55. The van der Waals surface area contributed by atoms with E-state index in [4.69, 9.17) is 0 Å². The van der Waals surface area contributed by atoms with Crippen LogP contribution in [0, 0.1) is 0 Å². The van der Waals surface area contributed by atoms with Gasteiger partial charge in [0.1, 0.15) is 0 Å². The van der Waals surface area contributed by atoms with Gasteiger partial charge in [-0.25, -0.2) is 16.8 Å². The van der Waals surface area contributed by atoms with Crippen LogP contribution in [0.3, 0.4) is 0 Å². The summed E-state index contributed by atoms with van der Waals surface area (Å²) in [5, 5.41) is 0. The van der Waals surface area contributed by atoms with Crippen LogP contribution in [-0.2, 0) is 32.8 Å². The number of aromatic nitrogens is 1. The average Bonchev–Trinajstić information content (AvgIpc) is 3.45. The number of rotatable bonds is 6.